The number of carboxylic acid groups (broad SMARTS) is 1. The molecule has 2 aliphatic rings. The molecule has 1 amide bonds. The molecular weight excluding hydrogens is 182 g/mol. The Balaban J connectivity index is 0.000000165. The molecule has 0 spiro atoms. The van der Waals surface area contributed by atoms with E-state index in [1.165, 1.54) is 30.8 Å². The molecule has 0 atom stereocenters. The summed E-state index contributed by atoms with van der Waals surface area (Å²) < 4.78 is 0. The van der Waals surface area contributed by atoms with Crippen LogP contribution in [0.5, 0.6) is 0 Å². The van der Waals surface area contributed by atoms with E-state index in [9.17, 15) is 4.79 Å². The number of nitrogens with one attached hydrogen (secondary N) is 2. The minimum absolute atomic E-state index is 0.620. The van der Waals surface area contributed by atoms with Gasteiger partial charge in [0, 0.05) is 26.2 Å². The topological polar surface area (TPSA) is 64.6 Å². The number of carbonyl (C=O) groups is 1. The van der Waals surface area contributed by atoms with E-state index >= 15 is 0 Å². The summed E-state index contributed by atoms with van der Waals surface area (Å²) in [5.41, 5.74) is 0. The molecule has 14 heavy (non-hydrogen) atoms. The van der Waals surface area contributed by atoms with Crippen LogP contribution in [-0.2, 0) is 0 Å². The van der Waals surface area contributed by atoms with Crippen molar-refractivity contribution in [3.63, 3.8) is 0 Å². The van der Waals surface area contributed by atoms with Crippen LogP contribution in [-0.4, -0.2) is 55.4 Å². The molecule has 0 aromatic rings. The molecule has 0 aromatic carbocycles. The van der Waals surface area contributed by atoms with Crippen LogP contribution in [0, 0.1) is 0 Å². The standard InChI is InChI=1S/C5H10N2O2.C4H9N/c8-5(9)7-3-1-6-2-4-7;1-2-4-5-3-1/h6H,1-4H2,(H,8,9);5H,1-4H2. The molecule has 0 saturated carbocycles. The largest absolute Gasteiger partial charge is 0.465 e. The second-order valence-electron chi connectivity index (χ2n) is 3.48. The van der Waals surface area contributed by atoms with Crippen molar-refractivity contribution < 1.29 is 9.90 Å². The van der Waals surface area contributed by atoms with Crippen molar-refractivity contribution >= 4 is 6.09 Å². The molecule has 82 valence electrons. The van der Waals surface area contributed by atoms with Crippen LogP contribution in [0.25, 0.3) is 0 Å². The van der Waals surface area contributed by atoms with Crippen LogP contribution in [0.15, 0.2) is 0 Å². The Bertz CT molecular complexity index is 158. The lowest BCUT2D eigenvalue weighted by Crippen LogP contribution is -2.45. The molecule has 2 fully saturated rings. The molecule has 0 aromatic heterocycles. The molecule has 0 aliphatic carbocycles. The van der Waals surface area contributed by atoms with Crippen molar-refractivity contribution in [3.8, 4) is 0 Å². The maximum absolute atomic E-state index is 10.3. The highest BCUT2D eigenvalue weighted by Gasteiger charge is 2.13. The Morgan fingerprint density at radius 3 is 1.79 bits per heavy atom. The summed E-state index contributed by atoms with van der Waals surface area (Å²) in [6.45, 7) is 5.31. The molecule has 5 nitrogen and oxygen atoms in total. The van der Waals surface area contributed by atoms with Gasteiger partial charge in [-0.25, -0.2) is 4.79 Å². The smallest absolute Gasteiger partial charge is 0.407 e. The van der Waals surface area contributed by atoms with E-state index in [4.69, 9.17) is 5.11 Å². The van der Waals surface area contributed by atoms with E-state index < -0.39 is 6.09 Å². The summed E-state index contributed by atoms with van der Waals surface area (Å²) >= 11 is 0. The predicted octanol–water partition coefficient (Wildman–Crippen LogP) is -0.0606. The molecule has 3 N–H and O–H groups in total. The van der Waals surface area contributed by atoms with E-state index in [2.05, 4.69) is 10.6 Å². The Morgan fingerprint density at radius 1 is 1.00 bits per heavy atom. The van der Waals surface area contributed by atoms with Crippen LogP contribution >= 0.6 is 0 Å². The van der Waals surface area contributed by atoms with Gasteiger partial charge in [0.05, 0.1) is 0 Å². The fourth-order valence-corrected chi connectivity index (χ4v) is 1.48. The first-order valence-corrected chi connectivity index (χ1v) is 5.20. The van der Waals surface area contributed by atoms with Crippen LogP contribution in [0.3, 0.4) is 0 Å². The molecule has 0 unspecified atom stereocenters. The van der Waals surface area contributed by atoms with Gasteiger partial charge in [-0.3, -0.25) is 0 Å². The number of amides is 1. The van der Waals surface area contributed by atoms with E-state index in [1.54, 1.807) is 0 Å². The summed E-state index contributed by atoms with van der Waals surface area (Å²) in [5, 5.41) is 14.7. The van der Waals surface area contributed by atoms with Gasteiger partial charge in [0.2, 0.25) is 0 Å². The van der Waals surface area contributed by atoms with Gasteiger partial charge < -0.3 is 20.6 Å². The third kappa shape index (κ3) is 4.43. The van der Waals surface area contributed by atoms with Crippen molar-refractivity contribution in [2.24, 2.45) is 0 Å². The van der Waals surface area contributed by atoms with Gasteiger partial charge in [-0.1, -0.05) is 0 Å². The lowest BCUT2D eigenvalue weighted by Gasteiger charge is -2.23. The summed E-state index contributed by atoms with van der Waals surface area (Å²) in [6.07, 6.45) is 1.97. The molecule has 2 saturated heterocycles. The highest BCUT2D eigenvalue weighted by atomic mass is 16.4. The number of rotatable bonds is 0. The van der Waals surface area contributed by atoms with Crippen molar-refractivity contribution in [1.82, 2.24) is 15.5 Å². The normalized spacial score (nSPS) is 21.3. The third-order valence-electron chi connectivity index (χ3n) is 2.34. The molecule has 0 radical (unpaired) electrons. The van der Waals surface area contributed by atoms with Gasteiger partial charge >= 0.3 is 6.09 Å². The predicted molar refractivity (Wildman–Crippen MR) is 54.6 cm³/mol. The van der Waals surface area contributed by atoms with Crippen molar-refractivity contribution in [2.75, 3.05) is 39.3 Å². The second-order valence-corrected chi connectivity index (χ2v) is 3.48. The minimum Gasteiger partial charge on any atom is -0.465 e. The van der Waals surface area contributed by atoms with Crippen molar-refractivity contribution in [3.05, 3.63) is 0 Å². The molecule has 2 aliphatic heterocycles. The SMILES string of the molecule is C1CCNC1.O=C(O)N1CCNCC1. The van der Waals surface area contributed by atoms with Crippen LogP contribution < -0.4 is 10.6 Å². The summed E-state index contributed by atoms with van der Waals surface area (Å²) in [6, 6.07) is 0. The number of piperazine rings is 1. The van der Waals surface area contributed by atoms with Crippen molar-refractivity contribution in [1.29, 1.82) is 0 Å². The first-order valence-electron chi connectivity index (χ1n) is 5.20. The summed E-state index contributed by atoms with van der Waals surface area (Å²) in [4.78, 5) is 11.7. The van der Waals surface area contributed by atoms with Gasteiger partial charge in [0.25, 0.3) is 0 Å². The highest BCUT2D eigenvalue weighted by Crippen LogP contribution is 1.91. The van der Waals surface area contributed by atoms with Gasteiger partial charge in [0.15, 0.2) is 0 Å². The monoisotopic (exact) mass is 201 g/mol. The first-order chi connectivity index (χ1) is 6.80. The second kappa shape index (κ2) is 6.62. The Kier molecular flexibility index (Phi) is 5.32. The van der Waals surface area contributed by atoms with E-state index in [-0.39, 0.29) is 0 Å². The fourth-order valence-electron chi connectivity index (χ4n) is 1.48. The van der Waals surface area contributed by atoms with E-state index in [1.807, 2.05) is 0 Å². The summed E-state index contributed by atoms with van der Waals surface area (Å²) in [5.74, 6) is 0. The van der Waals surface area contributed by atoms with Gasteiger partial charge in [-0.05, 0) is 25.9 Å². The van der Waals surface area contributed by atoms with Gasteiger partial charge in [0.1, 0.15) is 0 Å². The third-order valence-corrected chi connectivity index (χ3v) is 2.34. The average Bonchev–Trinajstić information content (AvgIpc) is 2.77. The summed E-state index contributed by atoms with van der Waals surface area (Å²) in [7, 11) is 0. The zero-order valence-electron chi connectivity index (χ0n) is 8.46. The van der Waals surface area contributed by atoms with E-state index in [0.717, 1.165) is 13.1 Å². The maximum atomic E-state index is 10.3. The Hall–Kier alpha value is -0.810. The number of hydrogen-bond acceptors (Lipinski definition) is 3. The molecular formula is C9H19N3O2. The lowest BCUT2D eigenvalue weighted by atomic mass is 10.4. The highest BCUT2D eigenvalue weighted by molar-refractivity contribution is 5.65. The Labute approximate surface area is 84.5 Å². The molecule has 2 heterocycles. The zero-order valence-corrected chi connectivity index (χ0v) is 8.46. The van der Waals surface area contributed by atoms with Crippen LogP contribution in [0.2, 0.25) is 0 Å². The van der Waals surface area contributed by atoms with Gasteiger partial charge in [-0.2, -0.15) is 0 Å². The Morgan fingerprint density at radius 2 is 1.50 bits per heavy atom. The number of hydrogen-bond donors (Lipinski definition) is 3. The first kappa shape index (κ1) is 11.3. The fraction of sp³-hybridized carbons (Fsp3) is 0.889. The van der Waals surface area contributed by atoms with E-state index in [0.29, 0.717) is 13.1 Å². The molecule has 2 rings (SSSR count). The van der Waals surface area contributed by atoms with Gasteiger partial charge in [-0.15, -0.1) is 0 Å². The maximum Gasteiger partial charge on any atom is 0.407 e. The van der Waals surface area contributed by atoms with Crippen LogP contribution in [0.4, 0.5) is 4.79 Å². The quantitative estimate of drug-likeness (QED) is 0.514. The molecule has 5 heteroatoms. The zero-order chi connectivity index (χ0) is 10.2. The molecule has 0 bridgehead atoms. The van der Waals surface area contributed by atoms with Crippen molar-refractivity contribution in [2.45, 2.75) is 12.8 Å². The lowest BCUT2D eigenvalue weighted by molar-refractivity contribution is 0.139. The average molecular weight is 201 g/mol. The van der Waals surface area contributed by atoms with Crippen LogP contribution in [0.1, 0.15) is 12.8 Å². The number of nitrogens with zero attached hydrogens (tertiary/aromatic N) is 1. The minimum atomic E-state index is -0.809.